The molecule has 0 atom stereocenters. The summed E-state index contributed by atoms with van der Waals surface area (Å²) in [5.41, 5.74) is 2.23. The Bertz CT molecular complexity index is 1000. The molecule has 0 aliphatic rings. The predicted molar refractivity (Wildman–Crippen MR) is 110 cm³/mol. The van der Waals surface area contributed by atoms with Gasteiger partial charge in [0.05, 0.1) is 42.7 Å². The van der Waals surface area contributed by atoms with Gasteiger partial charge < -0.3 is 14.8 Å². The molecule has 2 aromatic carbocycles. The minimum absolute atomic E-state index is 0.260. The van der Waals surface area contributed by atoms with Crippen LogP contribution in [0.3, 0.4) is 0 Å². The summed E-state index contributed by atoms with van der Waals surface area (Å²) in [5.74, 6) is 0.510. The van der Waals surface area contributed by atoms with E-state index in [2.05, 4.69) is 10.4 Å². The number of carbonyl (C=O) groups is 1. The maximum Gasteiger partial charge on any atom is 0.260 e. The first-order chi connectivity index (χ1) is 13.4. The van der Waals surface area contributed by atoms with E-state index in [0.29, 0.717) is 40.0 Å². The summed E-state index contributed by atoms with van der Waals surface area (Å²) in [4.78, 5) is 12.8. The number of aromatic nitrogens is 2. The topological polar surface area (TPSA) is 65.4 Å². The molecule has 0 fully saturated rings. The number of methoxy groups -OCH3 is 2. The summed E-state index contributed by atoms with van der Waals surface area (Å²) in [5, 5.41) is 7.74. The smallest absolute Gasteiger partial charge is 0.260 e. The van der Waals surface area contributed by atoms with Gasteiger partial charge in [-0.2, -0.15) is 5.10 Å². The molecule has 8 heteroatoms. The molecule has 1 amide bonds. The SMILES string of the molecule is COc1cc(Cl)c(NC(=O)c2c(C)nn(Cc3ccccc3)c2Cl)cc1OC. The van der Waals surface area contributed by atoms with Gasteiger partial charge in [0.1, 0.15) is 5.15 Å². The molecule has 0 aliphatic carbocycles. The Morgan fingerprint density at radius 2 is 1.75 bits per heavy atom. The van der Waals surface area contributed by atoms with Crippen LogP contribution in [0.15, 0.2) is 42.5 Å². The summed E-state index contributed by atoms with van der Waals surface area (Å²) in [6.07, 6.45) is 0. The van der Waals surface area contributed by atoms with Crippen LogP contribution < -0.4 is 14.8 Å². The number of anilines is 1. The molecule has 0 radical (unpaired) electrons. The minimum Gasteiger partial charge on any atom is -0.493 e. The van der Waals surface area contributed by atoms with Gasteiger partial charge in [-0.1, -0.05) is 53.5 Å². The van der Waals surface area contributed by atoms with Crippen LogP contribution in [-0.4, -0.2) is 29.9 Å². The fourth-order valence-electron chi connectivity index (χ4n) is 2.81. The second-order valence-corrected chi connectivity index (χ2v) is 6.80. The van der Waals surface area contributed by atoms with E-state index in [1.807, 2.05) is 30.3 Å². The van der Waals surface area contributed by atoms with Crippen molar-refractivity contribution in [2.45, 2.75) is 13.5 Å². The lowest BCUT2D eigenvalue weighted by molar-refractivity contribution is 0.102. The average Bonchev–Trinajstić information content (AvgIpc) is 2.97. The average molecular weight is 420 g/mol. The summed E-state index contributed by atoms with van der Waals surface area (Å²) in [6.45, 7) is 2.20. The maximum absolute atomic E-state index is 12.8. The zero-order chi connectivity index (χ0) is 20.3. The predicted octanol–water partition coefficient (Wildman–Crippen LogP) is 4.82. The van der Waals surface area contributed by atoms with Crippen molar-refractivity contribution in [3.63, 3.8) is 0 Å². The highest BCUT2D eigenvalue weighted by molar-refractivity contribution is 6.35. The molecule has 1 heterocycles. The summed E-state index contributed by atoms with van der Waals surface area (Å²) in [7, 11) is 3.02. The number of nitrogens with one attached hydrogen (secondary N) is 1. The summed E-state index contributed by atoms with van der Waals surface area (Å²) < 4.78 is 12.1. The van der Waals surface area contributed by atoms with Crippen molar-refractivity contribution in [2.75, 3.05) is 19.5 Å². The molecule has 3 aromatic rings. The first-order valence-electron chi connectivity index (χ1n) is 8.44. The highest BCUT2D eigenvalue weighted by Crippen LogP contribution is 2.36. The largest absolute Gasteiger partial charge is 0.493 e. The fraction of sp³-hybridized carbons (Fsp3) is 0.200. The van der Waals surface area contributed by atoms with E-state index < -0.39 is 5.91 Å². The van der Waals surface area contributed by atoms with Gasteiger partial charge in [-0.15, -0.1) is 0 Å². The molecule has 3 rings (SSSR count). The monoisotopic (exact) mass is 419 g/mol. The van der Waals surface area contributed by atoms with E-state index in [1.54, 1.807) is 23.7 Å². The van der Waals surface area contributed by atoms with Gasteiger partial charge in [-0.3, -0.25) is 4.79 Å². The van der Waals surface area contributed by atoms with E-state index in [9.17, 15) is 4.79 Å². The lowest BCUT2D eigenvalue weighted by Gasteiger charge is -2.12. The van der Waals surface area contributed by atoms with Gasteiger partial charge >= 0.3 is 0 Å². The van der Waals surface area contributed by atoms with Crippen LogP contribution in [-0.2, 0) is 6.54 Å². The molecule has 1 N–H and O–H groups in total. The number of rotatable bonds is 6. The minimum atomic E-state index is -0.407. The van der Waals surface area contributed by atoms with Crippen LogP contribution in [0, 0.1) is 6.92 Å². The third-order valence-electron chi connectivity index (χ3n) is 4.19. The highest BCUT2D eigenvalue weighted by Gasteiger charge is 2.22. The number of ether oxygens (including phenoxy) is 2. The number of benzene rings is 2. The summed E-state index contributed by atoms with van der Waals surface area (Å²) in [6, 6.07) is 12.9. The van der Waals surface area contributed by atoms with Crippen molar-refractivity contribution in [2.24, 2.45) is 0 Å². The van der Waals surface area contributed by atoms with Gasteiger partial charge in [-0.05, 0) is 12.5 Å². The molecule has 0 bridgehead atoms. The Morgan fingerprint density at radius 3 is 2.39 bits per heavy atom. The molecular formula is C20H19Cl2N3O3. The molecule has 6 nitrogen and oxygen atoms in total. The molecule has 146 valence electrons. The number of aryl methyl sites for hydroxylation is 1. The molecule has 28 heavy (non-hydrogen) atoms. The van der Waals surface area contributed by atoms with E-state index in [-0.39, 0.29) is 5.15 Å². The second kappa shape index (κ2) is 8.54. The number of amides is 1. The van der Waals surface area contributed by atoms with E-state index in [4.69, 9.17) is 32.7 Å². The lowest BCUT2D eigenvalue weighted by atomic mass is 10.2. The van der Waals surface area contributed by atoms with Gasteiger partial charge in [0.25, 0.3) is 5.91 Å². The van der Waals surface area contributed by atoms with Crippen molar-refractivity contribution in [3.05, 3.63) is 69.5 Å². The quantitative estimate of drug-likeness (QED) is 0.621. The molecule has 0 aliphatic heterocycles. The van der Waals surface area contributed by atoms with Gasteiger partial charge in [-0.25, -0.2) is 4.68 Å². The summed E-state index contributed by atoms with van der Waals surface area (Å²) >= 11 is 12.7. The van der Waals surface area contributed by atoms with Gasteiger partial charge in [0, 0.05) is 12.1 Å². The Labute approximate surface area is 173 Å². The third-order valence-corrected chi connectivity index (χ3v) is 4.89. The van der Waals surface area contributed by atoms with Crippen molar-refractivity contribution in [1.82, 2.24) is 9.78 Å². The zero-order valence-electron chi connectivity index (χ0n) is 15.6. The lowest BCUT2D eigenvalue weighted by Crippen LogP contribution is -2.14. The van der Waals surface area contributed by atoms with E-state index in [0.717, 1.165) is 5.56 Å². The second-order valence-electron chi connectivity index (χ2n) is 6.04. The Balaban J connectivity index is 1.87. The van der Waals surface area contributed by atoms with Crippen LogP contribution in [0.25, 0.3) is 0 Å². The molecule has 0 saturated carbocycles. The zero-order valence-corrected chi connectivity index (χ0v) is 17.1. The Morgan fingerprint density at radius 1 is 1.11 bits per heavy atom. The normalized spacial score (nSPS) is 10.6. The van der Waals surface area contributed by atoms with E-state index >= 15 is 0 Å². The number of nitrogens with zero attached hydrogens (tertiary/aromatic N) is 2. The number of hydrogen-bond donors (Lipinski definition) is 1. The van der Waals surface area contributed by atoms with Crippen LogP contribution in [0.1, 0.15) is 21.6 Å². The Hall–Kier alpha value is -2.70. The van der Waals surface area contributed by atoms with Crippen LogP contribution in [0.4, 0.5) is 5.69 Å². The number of hydrogen-bond acceptors (Lipinski definition) is 4. The molecular weight excluding hydrogens is 401 g/mol. The fourth-order valence-corrected chi connectivity index (χ4v) is 3.33. The molecule has 0 spiro atoms. The van der Waals surface area contributed by atoms with Crippen molar-refractivity contribution >= 4 is 34.8 Å². The standard InChI is InChI=1S/C20H19Cl2N3O3/c1-12-18(19(22)25(24-12)11-13-7-5-4-6-8-13)20(26)23-15-10-17(28-3)16(27-2)9-14(15)21/h4-10H,11H2,1-3H3,(H,23,26). The first-order valence-corrected chi connectivity index (χ1v) is 9.20. The van der Waals surface area contributed by atoms with Crippen LogP contribution >= 0.6 is 23.2 Å². The van der Waals surface area contributed by atoms with Crippen molar-refractivity contribution in [1.29, 1.82) is 0 Å². The van der Waals surface area contributed by atoms with E-state index in [1.165, 1.54) is 14.2 Å². The molecule has 0 unspecified atom stereocenters. The molecule has 0 saturated heterocycles. The van der Waals surface area contributed by atoms with Crippen LogP contribution in [0.2, 0.25) is 10.2 Å². The van der Waals surface area contributed by atoms with Gasteiger partial charge in [0.2, 0.25) is 0 Å². The number of carbonyl (C=O) groups excluding carboxylic acids is 1. The van der Waals surface area contributed by atoms with Crippen molar-refractivity contribution < 1.29 is 14.3 Å². The number of halogens is 2. The maximum atomic E-state index is 12.8. The first kappa shape index (κ1) is 20.0. The molecule has 1 aromatic heterocycles. The third kappa shape index (κ3) is 4.08. The highest BCUT2D eigenvalue weighted by atomic mass is 35.5. The van der Waals surface area contributed by atoms with Crippen LogP contribution in [0.5, 0.6) is 11.5 Å². The van der Waals surface area contributed by atoms with Crippen molar-refractivity contribution in [3.8, 4) is 11.5 Å². The Kier molecular flexibility index (Phi) is 6.11. The van der Waals surface area contributed by atoms with Gasteiger partial charge in [0.15, 0.2) is 11.5 Å².